The molecule has 0 radical (unpaired) electrons. The van der Waals surface area contributed by atoms with Crippen LogP contribution in [0.4, 0.5) is 4.39 Å². The van der Waals surface area contributed by atoms with E-state index >= 15 is 0 Å². The molecule has 1 aliphatic heterocycles. The molecule has 1 atom stereocenters. The van der Waals surface area contributed by atoms with Crippen molar-refractivity contribution >= 4 is 0 Å². The summed E-state index contributed by atoms with van der Waals surface area (Å²) in [5.41, 5.74) is -0.479. The first-order valence-electron chi connectivity index (χ1n) is 4.74. The SMILES string of the molecule is FC1(c2ccoc2)CCCNCC1. The lowest BCUT2D eigenvalue weighted by atomic mass is 9.91. The van der Waals surface area contributed by atoms with Crippen molar-refractivity contribution in [2.45, 2.75) is 24.9 Å². The third kappa shape index (κ3) is 1.75. The lowest BCUT2D eigenvalue weighted by Crippen LogP contribution is -2.21. The van der Waals surface area contributed by atoms with Gasteiger partial charge in [-0.25, -0.2) is 4.39 Å². The van der Waals surface area contributed by atoms with E-state index in [1.54, 1.807) is 6.07 Å². The Morgan fingerprint density at radius 3 is 3.08 bits per heavy atom. The number of hydrogen-bond donors (Lipinski definition) is 1. The van der Waals surface area contributed by atoms with Crippen LogP contribution in [0.3, 0.4) is 0 Å². The molecule has 72 valence electrons. The molecule has 1 aromatic rings. The lowest BCUT2D eigenvalue weighted by Gasteiger charge is -2.21. The predicted octanol–water partition coefficient (Wildman–Crippen LogP) is 2.22. The van der Waals surface area contributed by atoms with E-state index < -0.39 is 5.67 Å². The van der Waals surface area contributed by atoms with Crippen molar-refractivity contribution in [3.05, 3.63) is 24.2 Å². The summed E-state index contributed by atoms with van der Waals surface area (Å²) in [7, 11) is 0. The zero-order valence-corrected chi connectivity index (χ0v) is 7.55. The Kier molecular flexibility index (Phi) is 2.36. The quantitative estimate of drug-likeness (QED) is 0.722. The average Bonchev–Trinajstić information content (AvgIpc) is 2.57. The van der Waals surface area contributed by atoms with E-state index in [1.807, 2.05) is 0 Å². The van der Waals surface area contributed by atoms with Crippen molar-refractivity contribution in [2.24, 2.45) is 0 Å². The van der Waals surface area contributed by atoms with Crippen molar-refractivity contribution in [3.8, 4) is 0 Å². The predicted molar refractivity (Wildman–Crippen MR) is 48.2 cm³/mol. The second-order valence-electron chi connectivity index (χ2n) is 3.58. The van der Waals surface area contributed by atoms with E-state index in [0.717, 1.165) is 19.5 Å². The molecule has 0 aromatic carbocycles. The van der Waals surface area contributed by atoms with Crippen molar-refractivity contribution in [2.75, 3.05) is 13.1 Å². The summed E-state index contributed by atoms with van der Waals surface area (Å²) in [5.74, 6) is 0. The van der Waals surface area contributed by atoms with E-state index in [0.29, 0.717) is 18.4 Å². The molecule has 0 spiro atoms. The monoisotopic (exact) mass is 183 g/mol. The van der Waals surface area contributed by atoms with Crippen LogP contribution in [0, 0.1) is 0 Å². The smallest absolute Gasteiger partial charge is 0.140 e. The van der Waals surface area contributed by atoms with Crippen molar-refractivity contribution in [1.29, 1.82) is 0 Å². The first-order chi connectivity index (χ1) is 6.31. The molecule has 1 aliphatic rings. The van der Waals surface area contributed by atoms with Gasteiger partial charge in [0.05, 0.1) is 12.5 Å². The third-order valence-electron chi connectivity index (χ3n) is 2.66. The van der Waals surface area contributed by atoms with Gasteiger partial charge in [-0.1, -0.05) is 0 Å². The van der Waals surface area contributed by atoms with Crippen LogP contribution in [0.5, 0.6) is 0 Å². The molecule has 1 N–H and O–H groups in total. The van der Waals surface area contributed by atoms with Gasteiger partial charge in [0, 0.05) is 5.56 Å². The summed E-state index contributed by atoms with van der Waals surface area (Å²) >= 11 is 0. The van der Waals surface area contributed by atoms with Gasteiger partial charge in [0.1, 0.15) is 5.67 Å². The summed E-state index contributed by atoms with van der Waals surface area (Å²) in [4.78, 5) is 0. The second kappa shape index (κ2) is 3.50. The van der Waals surface area contributed by atoms with E-state index in [2.05, 4.69) is 5.32 Å². The number of halogens is 1. The Balaban J connectivity index is 2.17. The second-order valence-corrected chi connectivity index (χ2v) is 3.58. The highest BCUT2D eigenvalue weighted by Crippen LogP contribution is 2.35. The number of rotatable bonds is 1. The maximum Gasteiger partial charge on any atom is 0.140 e. The molecule has 0 aliphatic carbocycles. The summed E-state index contributed by atoms with van der Waals surface area (Å²) in [5, 5.41) is 3.19. The van der Waals surface area contributed by atoms with Gasteiger partial charge in [-0.05, 0) is 38.4 Å². The van der Waals surface area contributed by atoms with Gasteiger partial charge in [-0.3, -0.25) is 0 Å². The molecule has 0 amide bonds. The molecule has 2 nitrogen and oxygen atoms in total. The summed E-state index contributed by atoms with van der Waals surface area (Å²) < 4.78 is 19.2. The number of nitrogens with one attached hydrogen (secondary N) is 1. The van der Waals surface area contributed by atoms with Gasteiger partial charge >= 0.3 is 0 Å². The minimum absolute atomic E-state index is 0.548. The summed E-state index contributed by atoms with van der Waals surface area (Å²) in [6, 6.07) is 1.73. The lowest BCUT2D eigenvalue weighted by molar-refractivity contribution is 0.144. The molecule has 0 bridgehead atoms. The van der Waals surface area contributed by atoms with Crippen LogP contribution < -0.4 is 5.32 Å². The maximum absolute atomic E-state index is 14.3. The van der Waals surface area contributed by atoms with Gasteiger partial charge in [0.25, 0.3) is 0 Å². The van der Waals surface area contributed by atoms with Crippen LogP contribution in [0.2, 0.25) is 0 Å². The standard InChI is InChI=1S/C10H14FNO/c11-10(9-2-7-13-8-9)3-1-5-12-6-4-10/h2,7-8,12H,1,3-6H2. The van der Waals surface area contributed by atoms with Gasteiger partial charge in [0.15, 0.2) is 0 Å². The van der Waals surface area contributed by atoms with Crippen molar-refractivity contribution in [1.82, 2.24) is 5.32 Å². The van der Waals surface area contributed by atoms with Gasteiger partial charge in [0.2, 0.25) is 0 Å². The van der Waals surface area contributed by atoms with Gasteiger partial charge in [-0.2, -0.15) is 0 Å². The largest absolute Gasteiger partial charge is 0.472 e. The zero-order valence-electron chi connectivity index (χ0n) is 7.55. The van der Waals surface area contributed by atoms with Crippen LogP contribution in [0.25, 0.3) is 0 Å². The molecule has 1 unspecified atom stereocenters. The molecular formula is C10H14FNO. The zero-order chi connectivity index (χ0) is 9.15. The van der Waals surface area contributed by atoms with E-state index in [9.17, 15) is 4.39 Å². The Labute approximate surface area is 77.1 Å². The minimum Gasteiger partial charge on any atom is -0.472 e. The molecule has 3 heteroatoms. The Hall–Kier alpha value is -0.830. The highest BCUT2D eigenvalue weighted by Gasteiger charge is 2.33. The fourth-order valence-electron chi connectivity index (χ4n) is 1.84. The number of furan rings is 1. The molecule has 2 rings (SSSR count). The molecule has 2 heterocycles. The molecular weight excluding hydrogens is 169 g/mol. The van der Waals surface area contributed by atoms with Crippen LogP contribution >= 0.6 is 0 Å². The van der Waals surface area contributed by atoms with E-state index in [1.165, 1.54) is 12.5 Å². The van der Waals surface area contributed by atoms with Crippen LogP contribution in [0.15, 0.2) is 23.0 Å². The Morgan fingerprint density at radius 1 is 1.38 bits per heavy atom. The molecule has 13 heavy (non-hydrogen) atoms. The van der Waals surface area contributed by atoms with Gasteiger partial charge in [-0.15, -0.1) is 0 Å². The van der Waals surface area contributed by atoms with E-state index in [4.69, 9.17) is 4.42 Å². The van der Waals surface area contributed by atoms with Crippen LogP contribution in [0.1, 0.15) is 24.8 Å². The minimum atomic E-state index is -1.17. The maximum atomic E-state index is 14.3. The molecule has 0 saturated carbocycles. The van der Waals surface area contributed by atoms with Crippen LogP contribution in [-0.2, 0) is 5.67 Å². The van der Waals surface area contributed by atoms with Gasteiger partial charge < -0.3 is 9.73 Å². The highest BCUT2D eigenvalue weighted by atomic mass is 19.1. The molecule has 1 aromatic heterocycles. The molecule has 1 saturated heterocycles. The fraction of sp³-hybridized carbons (Fsp3) is 0.600. The number of hydrogen-bond acceptors (Lipinski definition) is 2. The van der Waals surface area contributed by atoms with Crippen molar-refractivity contribution in [3.63, 3.8) is 0 Å². The van der Waals surface area contributed by atoms with Crippen LogP contribution in [-0.4, -0.2) is 13.1 Å². The third-order valence-corrected chi connectivity index (χ3v) is 2.66. The van der Waals surface area contributed by atoms with E-state index in [-0.39, 0.29) is 0 Å². The highest BCUT2D eigenvalue weighted by molar-refractivity contribution is 5.16. The Morgan fingerprint density at radius 2 is 2.31 bits per heavy atom. The average molecular weight is 183 g/mol. The molecule has 1 fully saturated rings. The van der Waals surface area contributed by atoms with Crippen molar-refractivity contribution < 1.29 is 8.81 Å². The number of alkyl halides is 1. The summed E-state index contributed by atoms with van der Waals surface area (Å²) in [6.45, 7) is 1.67. The first kappa shape index (κ1) is 8.75. The topological polar surface area (TPSA) is 25.2 Å². The first-order valence-corrected chi connectivity index (χ1v) is 4.74. The summed E-state index contributed by atoms with van der Waals surface area (Å²) in [6.07, 6.45) is 5.09. The normalized spacial score (nSPS) is 29.9. The Bertz CT molecular complexity index is 250. The fourth-order valence-corrected chi connectivity index (χ4v) is 1.84.